The number of imidazole rings is 1. The Balaban J connectivity index is 2.02. The maximum absolute atomic E-state index is 13.6. The molecule has 3 nitrogen and oxygen atoms in total. The fourth-order valence-corrected chi connectivity index (χ4v) is 2.79. The molecule has 0 unspecified atom stereocenters. The summed E-state index contributed by atoms with van der Waals surface area (Å²) in [5, 5.41) is 0.838. The Hall–Kier alpha value is -1.60. The van der Waals surface area contributed by atoms with Gasteiger partial charge in [-0.1, -0.05) is 11.8 Å². The van der Waals surface area contributed by atoms with Gasteiger partial charge in [0.2, 0.25) is 0 Å². The monoisotopic (exact) mass is 370 g/mol. The van der Waals surface area contributed by atoms with Gasteiger partial charge >= 0.3 is 0 Å². The third kappa shape index (κ3) is 2.75. The van der Waals surface area contributed by atoms with E-state index in [-0.39, 0.29) is 5.75 Å². The van der Waals surface area contributed by atoms with Gasteiger partial charge in [-0.15, -0.1) is 0 Å². The molecule has 3 aromatic rings. The summed E-state index contributed by atoms with van der Waals surface area (Å²) in [6, 6.07) is 4.92. The highest BCUT2D eigenvalue weighted by molar-refractivity contribution is 9.10. The van der Waals surface area contributed by atoms with Crippen LogP contribution in [0.2, 0.25) is 0 Å². The lowest BCUT2D eigenvalue weighted by molar-refractivity contribution is 0.435. The number of fused-ring (bicyclic) bond motifs is 1. The van der Waals surface area contributed by atoms with Crippen molar-refractivity contribution in [2.75, 3.05) is 6.26 Å². The minimum atomic E-state index is -0.750. The summed E-state index contributed by atoms with van der Waals surface area (Å²) in [5.74, 6) is -0.999. The quantitative estimate of drug-likeness (QED) is 0.614. The second-order valence-corrected chi connectivity index (χ2v) is 5.83. The maximum Gasteiger partial charge on any atom is 0.172 e. The van der Waals surface area contributed by atoms with Crippen molar-refractivity contribution < 1.29 is 13.5 Å². The number of pyridine rings is 1. The Bertz CT molecular complexity index is 822. The van der Waals surface area contributed by atoms with Crippen molar-refractivity contribution in [3.63, 3.8) is 0 Å². The van der Waals surface area contributed by atoms with Gasteiger partial charge in [-0.05, 0) is 34.3 Å². The molecule has 0 spiro atoms. The van der Waals surface area contributed by atoms with E-state index in [1.165, 1.54) is 17.8 Å². The molecular formula is C14H9BrF2N2OS. The number of halogens is 3. The molecule has 0 amide bonds. The lowest BCUT2D eigenvalue weighted by atomic mass is 10.3. The summed E-state index contributed by atoms with van der Waals surface area (Å²) in [6.45, 7) is 0. The van der Waals surface area contributed by atoms with Gasteiger partial charge in [0.25, 0.3) is 0 Å². The van der Waals surface area contributed by atoms with E-state index in [1.807, 2.05) is 10.7 Å². The standard InChI is InChI=1S/C14H9BrF2N2OS/c1-21-14-18-6-9-5-13(10(15)7-19(9)14)20-12-3-2-8(16)4-11(12)17/h2-7H,1H3. The van der Waals surface area contributed by atoms with Crippen molar-refractivity contribution in [2.24, 2.45) is 0 Å². The van der Waals surface area contributed by atoms with Crippen molar-refractivity contribution >= 4 is 33.2 Å². The smallest absolute Gasteiger partial charge is 0.172 e. The van der Waals surface area contributed by atoms with Crippen LogP contribution >= 0.6 is 27.7 Å². The number of benzene rings is 1. The zero-order valence-electron chi connectivity index (χ0n) is 10.8. The first-order valence-electron chi connectivity index (χ1n) is 5.92. The van der Waals surface area contributed by atoms with Crippen LogP contribution in [0.1, 0.15) is 0 Å². The van der Waals surface area contributed by atoms with Crippen LogP contribution in [0, 0.1) is 11.6 Å². The minimum Gasteiger partial charge on any atom is -0.453 e. The molecule has 0 radical (unpaired) electrons. The second kappa shape index (κ2) is 5.65. The van der Waals surface area contributed by atoms with E-state index in [4.69, 9.17) is 4.74 Å². The average molecular weight is 371 g/mol. The van der Waals surface area contributed by atoms with Crippen LogP contribution < -0.4 is 4.74 Å². The number of hydrogen-bond donors (Lipinski definition) is 0. The highest BCUT2D eigenvalue weighted by atomic mass is 79.9. The fourth-order valence-electron chi connectivity index (χ4n) is 1.88. The van der Waals surface area contributed by atoms with Gasteiger partial charge in [0.15, 0.2) is 16.7 Å². The molecule has 0 atom stereocenters. The molecule has 0 saturated carbocycles. The first kappa shape index (κ1) is 14.3. The summed E-state index contributed by atoms with van der Waals surface area (Å²) < 4.78 is 34.6. The predicted molar refractivity (Wildman–Crippen MR) is 81.1 cm³/mol. The summed E-state index contributed by atoms with van der Waals surface area (Å²) in [4.78, 5) is 4.26. The Morgan fingerprint density at radius 2 is 2.05 bits per heavy atom. The van der Waals surface area contributed by atoms with Gasteiger partial charge in [0.1, 0.15) is 11.6 Å². The Morgan fingerprint density at radius 3 is 2.76 bits per heavy atom. The van der Waals surface area contributed by atoms with E-state index in [2.05, 4.69) is 20.9 Å². The normalized spacial score (nSPS) is 11.0. The molecule has 0 bridgehead atoms. The zero-order chi connectivity index (χ0) is 15.0. The van der Waals surface area contributed by atoms with Gasteiger partial charge < -0.3 is 4.74 Å². The van der Waals surface area contributed by atoms with Crippen LogP contribution in [0.25, 0.3) is 5.52 Å². The highest BCUT2D eigenvalue weighted by Crippen LogP contribution is 2.33. The molecule has 108 valence electrons. The average Bonchev–Trinajstić information content (AvgIpc) is 2.84. The van der Waals surface area contributed by atoms with Gasteiger partial charge in [-0.3, -0.25) is 4.40 Å². The van der Waals surface area contributed by atoms with Crippen LogP contribution in [-0.2, 0) is 0 Å². The largest absolute Gasteiger partial charge is 0.453 e. The first-order valence-corrected chi connectivity index (χ1v) is 7.94. The van der Waals surface area contributed by atoms with Crippen LogP contribution in [-0.4, -0.2) is 15.6 Å². The number of rotatable bonds is 3. The van der Waals surface area contributed by atoms with Crippen LogP contribution in [0.5, 0.6) is 11.5 Å². The van der Waals surface area contributed by atoms with Crippen molar-refractivity contribution in [1.29, 1.82) is 0 Å². The third-order valence-electron chi connectivity index (χ3n) is 2.84. The molecule has 0 aliphatic rings. The van der Waals surface area contributed by atoms with E-state index in [1.54, 1.807) is 18.5 Å². The van der Waals surface area contributed by atoms with E-state index in [0.717, 1.165) is 22.8 Å². The van der Waals surface area contributed by atoms with Crippen molar-refractivity contribution in [3.05, 3.63) is 52.8 Å². The molecule has 0 N–H and O–H groups in total. The SMILES string of the molecule is CSc1ncc2cc(Oc3ccc(F)cc3F)c(Br)cn12. The van der Waals surface area contributed by atoms with Gasteiger partial charge in [0.05, 0.1) is 16.2 Å². The van der Waals surface area contributed by atoms with Crippen molar-refractivity contribution in [1.82, 2.24) is 9.38 Å². The lowest BCUT2D eigenvalue weighted by Gasteiger charge is -2.10. The van der Waals surface area contributed by atoms with E-state index >= 15 is 0 Å². The molecule has 21 heavy (non-hydrogen) atoms. The fraction of sp³-hybridized carbons (Fsp3) is 0.0714. The van der Waals surface area contributed by atoms with Crippen LogP contribution in [0.3, 0.4) is 0 Å². The summed E-state index contributed by atoms with van der Waals surface area (Å²) in [5.41, 5.74) is 0.820. The molecule has 3 rings (SSSR count). The van der Waals surface area contributed by atoms with Crippen molar-refractivity contribution in [2.45, 2.75) is 5.16 Å². The maximum atomic E-state index is 13.6. The number of hydrogen-bond acceptors (Lipinski definition) is 3. The molecule has 1 aromatic carbocycles. The number of nitrogens with zero attached hydrogens (tertiary/aromatic N) is 2. The van der Waals surface area contributed by atoms with E-state index < -0.39 is 11.6 Å². The van der Waals surface area contributed by atoms with E-state index in [9.17, 15) is 8.78 Å². The van der Waals surface area contributed by atoms with Crippen LogP contribution in [0.4, 0.5) is 8.78 Å². The predicted octanol–water partition coefficient (Wildman–Crippen LogP) is 4.89. The third-order valence-corrected chi connectivity index (χ3v) is 4.11. The topological polar surface area (TPSA) is 26.5 Å². The Kier molecular flexibility index (Phi) is 3.86. The van der Waals surface area contributed by atoms with Gasteiger partial charge in [-0.2, -0.15) is 0 Å². The second-order valence-electron chi connectivity index (χ2n) is 4.20. The zero-order valence-corrected chi connectivity index (χ0v) is 13.2. The minimum absolute atomic E-state index is 0.0361. The summed E-state index contributed by atoms with van der Waals surface area (Å²) in [6.07, 6.45) is 5.43. The molecule has 2 heterocycles. The lowest BCUT2D eigenvalue weighted by Crippen LogP contribution is -1.93. The number of thioether (sulfide) groups is 1. The Morgan fingerprint density at radius 1 is 1.24 bits per heavy atom. The van der Waals surface area contributed by atoms with E-state index in [0.29, 0.717) is 10.2 Å². The number of aromatic nitrogens is 2. The van der Waals surface area contributed by atoms with Crippen molar-refractivity contribution in [3.8, 4) is 11.5 Å². The van der Waals surface area contributed by atoms with Gasteiger partial charge in [0, 0.05) is 18.3 Å². The van der Waals surface area contributed by atoms with Gasteiger partial charge in [-0.25, -0.2) is 13.8 Å². The Labute approximate surface area is 132 Å². The molecule has 2 aromatic heterocycles. The molecule has 0 aliphatic heterocycles. The molecule has 7 heteroatoms. The summed E-state index contributed by atoms with van der Waals surface area (Å²) >= 11 is 4.90. The number of ether oxygens (including phenoxy) is 1. The molecular weight excluding hydrogens is 362 g/mol. The molecule has 0 fully saturated rings. The summed E-state index contributed by atoms with van der Waals surface area (Å²) in [7, 11) is 0. The molecule has 0 saturated heterocycles. The molecule has 0 aliphatic carbocycles. The first-order chi connectivity index (χ1) is 10.1. The van der Waals surface area contributed by atoms with Crippen LogP contribution in [0.15, 0.2) is 46.3 Å². The highest BCUT2D eigenvalue weighted by Gasteiger charge is 2.12.